The molecule has 4 heteroatoms. The van der Waals surface area contributed by atoms with Gasteiger partial charge in [-0.25, -0.2) is 0 Å². The third-order valence-electron chi connectivity index (χ3n) is 2.77. The van der Waals surface area contributed by atoms with Crippen molar-refractivity contribution in [2.45, 2.75) is 32.2 Å². The van der Waals surface area contributed by atoms with Gasteiger partial charge in [-0.2, -0.15) is 11.8 Å². The number of halogens is 2. The van der Waals surface area contributed by atoms with E-state index in [-0.39, 0.29) is 0 Å². The van der Waals surface area contributed by atoms with Crippen LogP contribution in [0.1, 0.15) is 31.2 Å². The Bertz CT molecular complexity index is 347. The zero-order chi connectivity index (χ0) is 13.2. The summed E-state index contributed by atoms with van der Waals surface area (Å²) in [6.07, 6.45) is 7.48. The number of hydrogen-bond acceptors (Lipinski definition) is 2. The summed E-state index contributed by atoms with van der Waals surface area (Å²) in [6, 6.07) is 6.08. The van der Waals surface area contributed by atoms with Gasteiger partial charge in [-0.05, 0) is 65.0 Å². The molecule has 1 N–H and O–H groups in total. The van der Waals surface area contributed by atoms with Crippen LogP contribution in [0.25, 0.3) is 0 Å². The second-order valence-corrected chi connectivity index (χ2v) is 6.58. The molecular formula is C14H21BrClNS. The Labute approximate surface area is 128 Å². The molecule has 0 bridgehead atoms. The van der Waals surface area contributed by atoms with E-state index in [9.17, 15) is 0 Å². The average Bonchev–Trinajstić information content (AvgIpc) is 2.37. The quantitative estimate of drug-likeness (QED) is 0.621. The van der Waals surface area contributed by atoms with Gasteiger partial charge in [0.2, 0.25) is 0 Å². The highest BCUT2D eigenvalue weighted by Gasteiger charge is 1.98. The zero-order valence-electron chi connectivity index (χ0n) is 10.8. The predicted molar refractivity (Wildman–Crippen MR) is 87.7 cm³/mol. The van der Waals surface area contributed by atoms with Gasteiger partial charge in [0.1, 0.15) is 0 Å². The molecule has 0 spiro atoms. The topological polar surface area (TPSA) is 12.0 Å². The normalized spacial score (nSPS) is 10.8. The molecule has 1 nitrogen and oxygen atoms in total. The first-order valence-electron chi connectivity index (χ1n) is 6.37. The third-order valence-corrected chi connectivity index (χ3v) is 4.68. The molecule has 0 aromatic heterocycles. The van der Waals surface area contributed by atoms with Gasteiger partial charge in [-0.3, -0.25) is 0 Å². The molecule has 0 saturated heterocycles. The van der Waals surface area contributed by atoms with Crippen molar-refractivity contribution in [3.63, 3.8) is 0 Å². The Kier molecular flexibility index (Phi) is 9.21. The number of unbranched alkanes of at least 4 members (excludes halogenated alkanes) is 3. The van der Waals surface area contributed by atoms with E-state index in [0.29, 0.717) is 0 Å². The molecule has 0 atom stereocenters. The Morgan fingerprint density at radius 3 is 2.72 bits per heavy atom. The number of nitrogens with one attached hydrogen (secondary N) is 1. The van der Waals surface area contributed by atoms with Crippen LogP contribution >= 0.6 is 39.3 Å². The van der Waals surface area contributed by atoms with Gasteiger partial charge in [-0.1, -0.05) is 30.5 Å². The van der Waals surface area contributed by atoms with E-state index >= 15 is 0 Å². The van der Waals surface area contributed by atoms with Crippen molar-refractivity contribution < 1.29 is 0 Å². The molecule has 0 radical (unpaired) electrons. The second kappa shape index (κ2) is 10.1. The van der Waals surface area contributed by atoms with Gasteiger partial charge in [-0.15, -0.1) is 0 Å². The lowest BCUT2D eigenvalue weighted by atomic mass is 10.2. The van der Waals surface area contributed by atoms with Gasteiger partial charge in [0.25, 0.3) is 0 Å². The summed E-state index contributed by atoms with van der Waals surface area (Å²) in [5.41, 5.74) is 1.27. The first kappa shape index (κ1) is 16.4. The number of benzene rings is 1. The lowest BCUT2D eigenvalue weighted by Crippen LogP contribution is -2.14. The van der Waals surface area contributed by atoms with Gasteiger partial charge in [0.15, 0.2) is 0 Å². The molecule has 0 aliphatic rings. The van der Waals surface area contributed by atoms with Gasteiger partial charge in [0.05, 0.1) is 5.02 Å². The molecule has 0 amide bonds. The van der Waals surface area contributed by atoms with Crippen molar-refractivity contribution in [3.05, 3.63) is 33.3 Å². The zero-order valence-corrected chi connectivity index (χ0v) is 14.0. The fraction of sp³-hybridized carbons (Fsp3) is 0.571. The van der Waals surface area contributed by atoms with Crippen LogP contribution in [0.5, 0.6) is 0 Å². The van der Waals surface area contributed by atoms with Crippen molar-refractivity contribution in [2.75, 3.05) is 18.6 Å². The molecule has 0 aliphatic heterocycles. The maximum absolute atomic E-state index is 5.96. The maximum atomic E-state index is 5.96. The Hall–Kier alpha value is 0.300. The second-order valence-electron chi connectivity index (χ2n) is 4.33. The summed E-state index contributed by atoms with van der Waals surface area (Å²) in [4.78, 5) is 0. The summed E-state index contributed by atoms with van der Waals surface area (Å²) >= 11 is 11.3. The summed E-state index contributed by atoms with van der Waals surface area (Å²) in [5.74, 6) is 1.30. The molecule has 102 valence electrons. The van der Waals surface area contributed by atoms with Crippen LogP contribution in [-0.2, 0) is 6.54 Å². The molecule has 1 aromatic carbocycles. The Balaban J connectivity index is 2.05. The van der Waals surface area contributed by atoms with Crippen molar-refractivity contribution in [3.8, 4) is 0 Å². The van der Waals surface area contributed by atoms with Crippen molar-refractivity contribution in [2.24, 2.45) is 0 Å². The highest BCUT2D eigenvalue weighted by molar-refractivity contribution is 9.10. The highest BCUT2D eigenvalue weighted by atomic mass is 79.9. The summed E-state index contributed by atoms with van der Waals surface area (Å²) in [5, 5.41) is 4.24. The summed E-state index contributed by atoms with van der Waals surface area (Å²) < 4.78 is 0.973. The lowest BCUT2D eigenvalue weighted by molar-refractivity contribution is 0.599. The van der Waals surface area contributed by atoms with E-state index < -0.39 is 0 Å². The minimum absolute atomic E-state index is 0.771. The fourth-order valence-corrected chi connectivity index (χ4v) is 2.77. The van der Waals surface area contributed by atoms with E-state index in [1.807, 2.05) is 17.8 Å². The molecule has 0 saturated carbocycles. The molecule has 0 heterocycles. The molecule has 0 fully saturated rings. The maximum Gasteiger partial charge on any atom is 0.0548 e. The van der Waals surface area contributed by atoms with Crippen LogP contribution in [0.15, 0.2) is 22.7 Å². The van der Waals surface area contributed by atoms with E-state index in [1.54, 1.807) is 0 Å². The van der Waals surface area contributed by atoms with Crippen molar-refractivity contribution >= 4 is 39.3 Å². The Morgan fingerprint density at radius 1 is 1.22 bits per heavy atom. The number of thioether (sulfide) groups is 1. The molecule has 1 rings (SSSR count). The minimum atomic E-state index is 0.771. The largest absolute Gasteiger partial charge is 0.313 e. The molecule has 0 aliphatic carbocycles. The van der Waals surface area contributed by atoms with Crippen molar-refractivity contribution in [1.29, 1.82) is 0 Å². The van der Waals surface area contributed by atoms with Crippen LogP contribution in [0.3, 0.4) is 0 Å². The van der Waals surface area contributed by atoms with Gasteiger partial charge < -0.3 is 5.32 Å². The summed E-state index contributed by atoms with van der Waals surface area (Å²) in [7, 11) is 0. The highest BCUT2D eigenvalue weighted by Crippen LogP contribution is 2.23. The van der Waals surface area contributed by atoms with Crippen LogP contribution in [0.4, 0.5) is 0 Å². The van der Waals surface area contributed by atoms with E-state index in [2.05, 4.69) is 39.6 Å². The van der Waals surface area contributed by atoms with Crippen LogP contribution in [0, 0.1) is 0 Å². The Morgan fingerprint density at radius 2 is 2.00 bits per heavy atom. The SMILES string of the molecule is CSCCCCCCNCc1ccc(Cl)c(Br)c1. The number of rotatable bonds is 9. The van der Waals surface area contributed by atoms with E-state index in [0.717, 1.165) is 22.6 Å². The third kappa shape index (κ3) is 7.03. The van der Waals surface area contributed by atoms with Gasteiger partial charge in [0, 0.05) is 11.0 Å². The lowest BCUT2D eigenvalue weighted by Gasteiger charge is -2.06. The fourth-order valence-electron chi connectivity index (χ4n) is 1.73. The first-order chi connectivity index (χ1) is 8.74. The molecule has 0 unspecified atom stereocenters. The molecule has 18 heavy (non-hydrogen) atoms. The van der Waals surface area contributed by atoms with Crippen LogP contribution in [-0.4, -0.2) is 18.6 Å². The van der Waals surface area contributed by atoms with Crippen molar-refractivity contribution in [1.82, 2.24) is 5.32 Å². The summed E-state index contributed by atoms with van der Waals surface area (Å²) in [6.45, 7) is 2.01. The average molecular weight is 351 g/mol. The predicted octanol–water partition coefficient (Wildman–Crippen LogP) is 5.12. The number of hydrogen-bond donors (Lipinski definition) is 1. The molecule has 1 aromatic rings. The van der Waals surface area contributed by atoms with Crippen LogP contribution < -0.4 is 5.32 Å². The van der Waals surface area contributed by atoms with E-state index in [1.165, 1.54) is 37.0 Å². The smallest absolute Gasteiger partial charge is 0.0548 e. The van der Waals surface area contributed by atoms with Gasteiger partial charge >= 0.3 is 0 Å². The van der Waals surface area contributed by atoms with E-state index in [4.69, 9.17) is 11.6 Å². The molecular weight excluding hydrogens is 330 g/mol. The monoisotopic (exact) mass is 349 g/mol. The minimum Gasteiger partial charge on any atom is -0.313 e. The first-order valence-corrected chi connectivity index (χ1v) is 8.94. The standard InChI is InChI=1S/C14H21BrClNS/c1-18-9-5-3-2-4-8-17-11-12-6-7-14(16)13(15)10-12/h6-7,10,17H,2-5,8-9,11H2,1H3. The van der Waals surface area contributed by atoms with Crippen LogP contribution in [0.2, 0.25) is 5.02 Å².